The molecule has 1 fully saturated rings. The van der Waals surface area contributed by atoms with E-state index in [9.17, 15) is 10.2 Å². The van der Waals surface area contributed by atoms with Gasteiger partial charge in [0, 0.05) is 11.6 Å². The number of hydrogen-bond acceptors (Lipinski definition) is 5. The Morgan fingerprint density at radius 2 is 2.11 bits per heavy atom. The highest BCUT2D eigenvalue weighted by molar-refractivity contribution is 5.84. The number of benzene rings is 1. The molecule has 100 valence electrons. The summed E-state index contributed by atoms with van der Waals surface area (Å²) in [4.78, 5) is 4.28. The summed E-state index contributed by atoms with van der Waals surface area (Å²) in [6, 6.07) is 9.50. The minimum Gasteiger partial charge on any atom is -0.488 e. The number of aliphatic hydroxyl groups excluding tert-OH is 2. The van der Waals surface area contributed by atoms with Crippen molar-refractivity contribution in [2.75, 3.05) is 13.2 Å². The summed E-state index contributed by atoms with van der Waals surface area (Å²) < 4.78 is 10.9. The van der Waals surface area contributed by atoms with Crippen LogP contribution in [0.25, 0.3) is 10.9 Å². The summed E-state index contributed by atoms with van der Waals surface area (Å²) >= 11 is 0. The highest BCUT2D eigenvalue weighted by Gasteiger charge is 2.35. The van der Waals surface area contributed by atoms with Crippen LogP contribution >= 0.6 is 0 Å². The monoisotopic (exact) mass is 261 g/mol. The maximum atomic E-state index is 9.68. The van der Waals surface area contributed by atoms with Gasteiger partial charge in [-0.2, -0.15) is 0 Å². The number of hydrogen-bond donors (Lipinski definition) is 2. The van der Waals surface area contributed by atoms with Gasteiger partial charge in [-0.25, -0.2) is 0 Å². The average Bonchev–Trinajstić information content (AvgIpc) is 2.76. The van der Waals surface area contributed by atoms with E-state index in [0.717, 1.165) is 10.9 Å². The second-order valence-electron chi connectivity index (χ2n) is 4.57. The quantitative estimate of drug-likeness (QED) is 0.852. The van der Waals surface area contributed by atoms with Gasteiger partial charge in [0.15, 0.2) is 0 Å². The Bertz CT molecular complexity index is 569. The van der Waals surface area contributed by atoms with Gasteiger partial charge in [-0.05, 0) is 12.1 Å². The predicted molar refractivity (Wildman–Crippen MR) is 69.0 cm³/mol. The Kier molecular flexibility index (Phi) is 3.33. The number of aromatic nitrogens is 1. The number of rotatable bonds is 3. The van der Waals surface area contributed by atoms with Crippen LogP contribution in [0.4, 0.5) is 0 Å². The number of ether oxygens (including phenoxy) is 2. The molecule has 2 N–H and O–H groups in total. The minimum absolute atomic E-state index is 0.142. The van der Waals surface area contributed by atoms with Crippen molar-refractivity contribution in [2.24, 2.45) is 0 Å². The van der Waals surface area contributed by atoms with Crippen molar-refractivity contribution in [3.05, 3.63) is 36.5 Å². The van der Waals surface area contributed by atoms with Crippen LogP contribution in [-0.4, -0.2) is 46.7 Å². The van der Waals surface area contributed by atoms with Crippen LogP contribution in [0.15, 0.2) is 36.5 Å². The molecule has 0 amide bonds. The molecule has 3 rings (SSSR count). The van der Waals surface area contributed by atoms with Crippen molar-refractivity contribution in [3.63, 3.8) is 0 Å². The van der Waals surface area contributed by atoms with Crippen LogP contribution in [0.5, 0.6) is 5.75 Å². The van der Waals surface area contributed by atoms with E-state index >= 15 is 0 Å². The molecular weight excluding hydrogens is 246 g/mol. The van der Waals surface area contributed by atoms with E-state index in [2.05, 4.69) is 4.98 Å². The smallest absolute Gasteiger partial charge is 0.145 e. The lowest BCUT2D eigenvalue weighted by atomic mass is 10.1. The fraction of sp³-hybridized carbons (Fsp3) is 0.357. The Morgan fingerprint density at radius 1 is 1.26 bits per heavy atom. The second kappa shape index (κ2) is 5.13. The lowest BCUT2D eigenvalue weighted by Crippen LogP contribution is -2.33. The van der Waals surface area contributed by atoms with Gasteiger partial charge in [-0.3, -0.25) is 4.98 Å². The van der Waals surface area contributed by atoms with Crippen molar-refractivity contribution in [2.45, 2.75) is 18.3 Å². The predicted octanol–water partition coefficient (Wildman–Crippen LogP) is 0.734. The molecule has 1 aliphatic rings. The summed E-state index contributed by atoms with van der Waals surface area (Å²) in [6.07, 6.45) is -0.531. The molecule has 5 nitrogen and oxygen atoms in total. The van der Waals surface area contributed by atoms with Crippen LogP contribution in [0.2, 0.25) is 0 Å². The standard InChI is InChI=1S/C14H15NO4/c16-10-7-18-12(14(10)17)8-19-11-5-1-3-9-4-2-6-15-13(9)11/h1-6,10,12,14,16-17H,7-8H2. The van der Waals surface area contributed by atoms with Gasteiger partial charge < -0.3 is 19.7 Å². The van der Waals surface area contributed by atoms with E-state index in [0.29, 0.717) is 5.75 Å². The highest BCUT2D eigenvalue weighted by atomic mass is 16.6. The Labute approximate surface area is 110 Å². The van der Waals surface area contributed by atoms with Crippen LogP contribution in [-0.2, 0) is 4.74 Å². The first kappa shape index (κ1) is 12.3. The Hall–Kier alpha value is -1.69. The molecule has 1 saturated heterocycles. The minimum atomic E-state index is -0.900. The van der Waals surface area contributed by atoms with E-state index in [4.69, 9.17) is 9.47 Å². The molecule has 3 atom stereocenters. The molecule has 19 heavy (non-hydrogen) atoms. The first-order chi connectivity index (χ1) is 9.25. The number of pyridine rings is 1. The third-order valence-electron chi connectivity index (χ3n) is 3.26. The number of para-hydroxylation sites is 1. The molecule has 0 bridgehead atoms. The Balaban J connectivity index is 1.75. The first-order valence-corrected chi connectivity index (χ1v) is 6.20. The molecule has 0 aliphatic carbocycles. The van der Waals surface area contributed by atoms with Gasteiger partial charge in [0.2, 0.25) is 0 Å². The normalized spacial score (nSPS) is 26.7. The largest absolute Gasteiger partial charge is 0.488 e. The average molecular weight is 261 g/mol. The topological polar surface area (TPSA) is 71.8 Å². The van der Waals surface area contributed by atoms with Crippen molar-refractivity contribution >= 4 is 10.9 Å². The van der Waals surface area contributed by atoms with Crippen molar-refractivity contribution in [1.82, 2.24) is 4.98 Å². The summed E-state index contributed by atoms with van der Waals surface area (Å²) in [5.74, 6) is 0.648. The van der Waals surface area contributed by atoms with Crippen LogP contribution in [0.3, 0.4) is 0 Å². The van der Waals surface area contributed by atoms with E-state index in [-0.39, 0.29) is 13.2 Å². The van der Waals surface area contributed by atoms with Crippen molar-refractivity contribution in [3.8, 4) is 5.75 Å². The zero-order valence-corrected chi connectivity index (χ0v) is 10.3. The SMILES string of the molecule is OC1COC(COc2cccc3cccnc23)C1O. The van der Waals surface area contributed by atoms with Crippen LogP contribution < -0.4 is 4.74 Å². The summed E-state index contributed by atoms with van der Waals surface area (Å²) in [6.45, 7) is 0.330. The number of fused-ring (bicyclic) bond motifs is 1. The highest BCUT2D eigenvalue weighted by Crippen LogP contribution is 2.24. The fourth-order valence-electron chi connectivity index (χ4n) is 2.18. The van der Waals surface area contributed by atoms with E-state index in [1.807, 2.05) is 30.3 Å². The summed E-state index contributed by atoms with van der Waals surface area (Å²) in [7, 11) is 0. The second-order valence-corrected chi connectivity index (χ2v) is 4.57. The first-order valence-electron chi connectivity index (χ1n) is 6.20. The number of aliphatic hydroxyl groups is 2. The van der Waals surface area contributed by atoms with Gasteiger partial charge in [0.1, 0.15) is 36.2 Å². The lowest BCUT2D eigenvalue weighted by molar-refractivity contribution is 0.000159. The molecule has 0 spiro atoms. The van der Waals surface area contributed by atoms with E-state index in [1.165, 1.54) is 0 Å². The van der Waals surface area contributed by atoms with Gasteiger partial charge in [0.05, 0.1) is 6.61 Å². The molecule has 2 aromatic rings. The van der Waals surface area contributed by atoms with E-state index < -0.39 is 18.3 Å². The van der Waals surface area contributed by atoms with Crippen LogP contribution in [0.1, 0.15) is 0 Å². The summed E-state index contributed by atoms with van der Waals surface area (Å²) in [5, 5.41) is 20.1. The lowest BCUT2D eigenvalue weighted by Gasteiger charge is -2.16. The Morgan fingerprint density at radius 3 is 2.89 bits per heavy atom. The van der Waals surface area contributed by atoms with Gasteiger partial charge >= 0.3 is 0 Å². The zero-order valence-electron chi connectivity index (χ0n) is 10.3. The third-order valence-corrected chi connectivity index (χ3v) is 3.26. The third kappa shape index (κ3) is 2.40. The molecular formula is C14H15NO4. The van der Waals surface area contributed by atoms with Crippen molar-refractivity contribution < 1.29 is 19.7 Å². The van der Waals surface area contributed by atoms with Gasteiger partial charge in [-0.1, -0.05) is 18.2 Å². The van der Waals surface area contributed by atoms with E-state index in [1.54, 1.807) is 6.20 Å². The van der Waals surface area contributed by atoms with Crippen LogP contribution in [0, 0.1) is 0 Å². The molecule has 1 aliphatic heterocycles. The molecule has 1 aromatic heterocycles. The maximum absolute atomic E-state index is 9.68. The molecule has 1 aromatic carbocycles. The molecule has 3 unspecified atom stereocenters. The van der Waals surface area contributed by atoms with Gasteiger partial charge in [-0.15, -0.1) is 0 Å². The van der Waals surface area contributed by atoms with Crippen molar-refractivity contribution in [1.29, 1.82) is 0 Å². The molecule has 2 heterocycles. The number of nitrogens with zero attached hydrogens (tertiary/aromatic N) is 1. The maximum Gasteiger partial charge on any atom is 0.145 e. The fourth-order valence-corrected chi connectivity index (χ4v) is 2.18. The van der Waals surface area contributed by atoms with Gasteiger partial charge in [0.25, 0.3) is 0 Å². The molecule has 5 heteroatoms. The summed E-state index contributed by atoms with van der Waals surface area (Å²) in [5.41, 5.74) is 0.776. The zero-order chi connectivity index (χ0) is 13.2. The molecule has 0 radical (unpaired) electrons. The molecule has 0 saturated carbocycles.